The van der Waals surface area contributed by atoms with Crippen LogP contribution in [0.5, 0.6) is 11.5 Å². The first-order valence-corrected chi connectivity index (χ1v) is 6.20. The van der Waals surface area contributed by atoms with Crippen molar-refractivity contribution in [3.05, 3.63) is 23.8 Å². The topological polar surface area (TPSA) is 47.6 Å². The van der Waals surface area contributed by atoms with E-state index in [4.69, 9.17) is 21.1 Å². The van der Waals surface area contributed by atoms with E-state index in [-0.39, 0.29) is 11.8 Å². The summed E-state index contributed by atoms with van der Waals surface area (Å²) in [5, 5.41) is 2.82. The number of methoxy groups -OCH3 is 2. The van der Waals surface area contributed by atoms with Gasteiger partial charge in [0.05, 0.1) is 14.2 Å². The first-order chi connectivity index (χ1) is 8.62. The Morgan fingerprint density at radius 3 is 2.56 bits per heavy atom. The van der Waals surface area contributed by atoms with Gasteiger partial charge in [0, 0.05) is 18.3 Å². The van der Waals surface area contributed by atoms with Crippen molar-refractivity contribution in [2.75, 3.05) is 20.1 Å². The number of benzene rings is 1. The SMILES string of the molecule is COc1ccc(CNC(=O)C(C)CCl)cc1OC. The fourth-order valence-electron chi connectivity index (χ4n) is 1.42. The van der Waals surface area contributed by atoms with Gasteiger partial charge in [0.1, 0.15) is 0 Å². The lowest BCUT2D eigenvalue weighted by molar-refractivity contribution is -0.124. The number of nitrogens with one attached hydrogen (secondary N) is 1. The third-order valence-electron chi connectivity index (χ3n) is 2.59. The summed E-state index contributed by atoms with van der Waals surface area (Å²) in [5.41, 5.74) is 0.947. The van der Waals surface area contributed by atoms with Crippen LogP contribution in [0.3, 0.4) is 0 Å². The Labute approximate surface area is 112 Å². The predicted molar refractivity (Wildman–Crippen MR) is 71.3 cm³/mol. The normalized spacial score (nSPS) is 11.8. The van der Waals surface area contributed by atoms with Gasteiger partial charge in [-0.05, 0) is 17.7 Å². The van der Waals surface area contributed by atoms with Crippen LogP contribution in [0.2, 0.25) is 0 Å². The van der Waals surface area contributed by atoms with Gasteiger partial charge in [-0.2, -0.15) is 0 Å². The second-order valence-corrected chi connectivity index (χ2v) is 4.27. The maximum Gasteiger partial charge on any atom is 0.224 e. The van der Waals surface area contributed by atoms with Crippen molar-refractivity contribution in [3.8, 4) is 11.5 Å². The molecule has 0 fully saturated rings. The second-order valence-electron chi connectivity index (χ2n) is 3.96. The molecule has 5 heteroatoms. The largest absolute Gasteiger partial charge is 0.493 e. The van der Waals surface area contributed by atoms with E-state index in [0.717, 1.165) is 5.56 Å². The maximum absolute atomic E-state index is 11.6. The third kappa shape index (κ3) is 3.81. The van der Waals surface area contributed by atoms with Crippen molar-refractivity contribution in [3.63, 3.8) is 0 Å². The molecule has 0 bridgehead atoms. The molecule has 18 heavy (non-hydrogen) atoms. The number of carbonyl (C=O) groups is 1. The molecule has 0 aliphatic rings. The summed E-state index contributed by atoms with van der Waals surface area (Å²) in [4.78, 5) is 11.6. The van der Waals surface area contributed by atoms with E-state index in [1.807, 2.05) is 18.2 Å². The molecule has 0 saturated heterocycles. The van der Waals surface area contributed by atoms with Crippen LogP contribution in [0.25, 0.3) is 0 Å². The molecule has 1 unspecified atom stereocenters. The minimum Gasteiger partial charge on any atom is -0.493 e. The molecule has 0 heterocycles. The van der Waals surface area contributed by atoms with Gasteiger partial charge < -0.3 is 14.8 Å². The van der Waals surface area contributed by atoms with Crippen LogP contribution in [0, 0.1) is 5.92 Å². The van der Waals surface area contributed by atoms with Gasteiger partial charge in [-0.3, -0.25) is 4.79 Å². The molecule has 1 N–H and O–H groups in total. The van der Waals surface area contributed by atoms with Crippen LogP contribution in [-0.2, 0) is 11.3 Å². The highest BCUT2D eigenvalue weighted by Crippen LogP contribution is 2.27. The first-order valence-electron chi connectivity index (χ1n) is 5.67. The van der Waals surface area contributed by atoms with Crippen LogP contribution in [0.4, 0.5) is 0 Å². The van der Waals surface area contributed by atoms with E-state index in [2.05, 4.69) is 5.32 Å². The van der Waals surface area contributed by atoms with Crippen molar-refractivity contribution < 1.29 is 14.3 Å². The van der Waals surface area contributed by atoms with Crippen LogP contribution >= 0.6 is 11.6 Å². The standard InChI is InChI=1S/C13H18ClNO3/c1-9(7-14)13(16)15-8-10-4-5-11(17-2)12(6-10)18-3/h4-6,9H,7-8H2,1-3H3,(H,15,16). The van der Waals surface area contributed by atoms with E-state index < -0.39 is 0 Å². The van der Waals surface area contributed by atoms with Gasteiger partial charge in [-0.1, -0.05) is 13.0 Å². The summed E-state index contributed by atoms with van der Waals surface area (Å²) in [7, 11) is 3.16. The highest BCUT2D eigenvalue weighted by molar-refractivity contribution is 6.19. The van der Waals surface area contributed by atoms with E-state index in [1.54, 1.807) is 21.1 Å². The summed E-state index contributed by atoms with van der Waals surface area (Å²) >= 11 is 5.62. The van der Waals surface area contributed by atoms with Crippen molar-refractivity contribution in [2.24, 2.45) is 5.92 Å². The molecule has 1 aromatic carbocycles. The Balaban J connectivity index is 2.66. The third-order valence-corrected chi connectivity index (χ3v) is 3.06. The average molecular weight is 272 g/mol. The molecule has 1 rings (SSSR count). The zero-order chi connectivity index (χ0) is 13.5. The average Bonchev–Trinajstić information content (AvgIpc) is 2.43. The smallest absolute Gasteiger partial charge is 0.224 e. The van der Waals surface area contributed by atoms with Gasteiger partial charge in [0.25, 0.3) is 0 Å². The summed E-state index contributed by atoms with van der Waals surface area (Å²) < 4.78 is 10.3. The van der Waals surface area contributed by atoms with E-state index in [0.29, 0.717) is 23.9 Å². The molecular weight excluding hydrogens is 254 g/mol. The van der Waals surface area contributed by atoms with Gasteiger partial charge in [-0.25, -0.2) is 0 Å². The molecule has 0 aromatic heterocycles. The van der Waals surface area contributed by atoms with E-state index in [1.165, 1.54) is 0 Å². The van der Waals surface area contributed by atoms with Crippen molar-refractivity contribution in [1.29, 1.82) is 0 Å². The molecular formula is C13H18ClNO3. The molecule has 100 valence electrons. The zero-order valence-electron chi connectivity index (χ0n) is 10.8. The van der Waals surface area contributed by atoms with Gasteiger partial charge in [0.15, 0.2) is 11.5 Å². The first kappa shape index (κ1) is 14.6. The lowest BCUT2D eigenvalue weighted by atomic mass is 10.1. The Morgan fingerprint density at radius 2 is 2.00 bits per heavy atom. The lowest BCUT2D eigenvalue weighted by Gasteiger charge is -2.12. The van der Waals surface area contributed by atoms with Crippen LogP contribution in [0.1, 0.15) is 12.5 Å². The summed E-state index contributed by atoms with van der Waals surface area (Å²) in [6, 6.07) is 5.53. The van der Waals surface area contributed by atoms with E-state index >= 15 is 0 Å². The highest BCUT2D eigenvalue weighted by atomic mass is 35.5. The van der Waals surface area contributed by atoms with Gasteiger partial charge in [-0.15, -0.1) is 11.6 Å². The number of hydrogen-bond donors (Lipinski definition) is 1. The number of rotatable bonds is 6. The number of ether oxygens (including phenoxy) is 2. The molecule has 4 nitrogen and oxygen atoms in total. The molecule has 0 spiro atoms. The minimum absolute atomic E-state index is 0.0558. The van der Waals surface area contributed by atoms with Crippen LogP contribution in [0.15, 0.2) is 18.2 Å². The maximum atomic E-state index is 11.6. The van der Waals surface area contributed by atoms with Crippen molar-refractivity contribution >= 4 is 17.5 Å². The van der Waals surface area contributed by atoms with Crippen molar-refractivity contribution in [2.45, 2.75) is 13.5 Å². The van der Waals surface area contributed by atoms with Crippen LogP contribution < -0.4 is 14.8 Å². The Kier molecular flexibility index (Phi) is 5.78. The molecule has 1 aromatic rings. The fraction of sp³-hybridized carbons (Fsp3) is 0.462. The fourth-order valence-corrected chi connectivity index (χ4v) is 1.56. The van der Waals surface area contributed by atoms with E-state index in [9.17, 15) is 4.79 Å². The number of hydrogen-bond acceptors (Lipinski definition) is 3. The number of halogens is 1. The summed E-state index contributed by atoms with van der Waals surface area (Å²) in [5.74, 6) is 1.39. The zero-order valence-corrected chi connectivity index (χ0v) is 11.6. The second kappa shape index (κ2) is 7.11. The number of alkyl halides is 1. The minimum atomic E-state index is -0.188. The predicted octanol–water partition coefficient (Wildman–Crippen LogP) is 2.19. The Hall–Kier alpha value is -1.42. The monoisotopic (exact) mass is 271 g/mol. The molecule has 0 radical (unpaired) electrons. The number of carbonyl (C=O) groups excluding carboxylic acids is 1. The Morgan fingerprint density at radius 1 is 1.33 bits per heavy atom. The molecule has 1 atom stereocenters. The number of amides is 1. The lowest BCUT2D eigenvalue weighted by Crippen LogP contribution is -2.29. The quantitative estimate of drug-likeness (QED) is 0.807. The highest BCUT2D eigenvalue weighted by Gasteiger charge is 2.11. The van der Waals surface area contributed by atoms with Crippen molar-refractivity contribution in [1.82, 2.24) is 5.32 Å². The summed E-state index contributed by atoms with van der Waals surface area (Å²) in [6.45, 7) is 2.23. The molecule has 0 saturated carbocycles. The van der Waals surface area contributed by atoms with Gasteiger partial charge >= 0.3 is 0 Å². The molecule has 0 aliphatic carbocycles. The Bertz CT molecular complexity index is 409. The summed E-state index contributed by atoms with van der Waals surface area (Å²) in [6.07, 6.45) is 0. The molecule has 1 amide bonds. The van der Waals surface area contributed by atoms with Gasteiger partial charge in [0.2, 0.25) is 5.91 Å². The molecule has 0 aliphatic heterocycles. The van der Waals surface area contributed by atoms with Crippen LogP contribution in [-0.4, -0.2) is 26.0 Å².